The first-order valence-electron chi connectivity index (χ1n) is 20.0. The molecule has 0 fully saturated rings. The normalized spacial score (nSPS) is 11.7. The van der Waals surface area contributed by atoms with Crippen LogP contribution in [0.1, 0.15) is 0 Å². The summed E-state index contributed by atoms with van der Waals surface area (Å²) in [7, 11) is 0. The number of benzene rings is 9. The summed E-state index contributed by atoms with van der Waals surface area (Å²) in [5, 5.41) is 6.72. The fraction of sp³-hybridized carbons (Fsp3) is 0. The van der Waals surface area contributed by atoms with E-state index in [0.29, 0.717) is 23.4 Å². The Morgan fingerprint density at radius 1 is 0.350 bits per heavy atom. The lowest BCUT2D eigenvalue weighted by molar-refractivity contribution is 0.620. The van der Waals surface area contributed by atoms with Crippen molar-refractivity contribution in [3.8, 4) is 67.9 Å². The van der Waals surface area contributed by atoms with Gasteiger partial charge in [-0.2, -0.15) is 0 Å². The van der Waals surface area contributed by atoms with E-state index in [9.17, 15) is 0 Å². The Bertz CT molecular complexity index is 3590. The Kier molecular flexibility index (Phi) is 7.96. The zero-order valence-corrected chi connectivity index (χ0v) is 32.9. The molecule has 0 unspecified atom stereocenters. The molecule has 12 aromatic rings. The molecule has 9 aromatic carbocycles. The average Bonchev–Trinajstić information content (AvgIpc) is 3.94. The van der Waals surface area contributed by atoms with E-state index in [4.69, 9.17) is 24.4 Å². The predicted molar refractivity (Wildman–Crippen MR) is 248 cm³/mol. The molecule has 12 rings (SSSR count). The highest BCUT2D eigenvalue weighted by Gasteiger charge is 2.19. The minimum atomic E-state index is 0.610. The number of thiophene rings is 1. The summed E-state index contributed by atoms with van der Waals surface area (Å²) in [4.78, 5) is 20.7. The second kappa shape index (κ2) is 13.9. The summed E-state index contributed by atoms with van der Waals surface area (Å²) in [6.07, 6.45) is 0. The molecule has 0 amide bonds. The van der Waals surface area contributed by atoms with Crippen molar-refractivity contribution in [2.75, 3.05) is 0 Å². The van der Waals surface area contributed by atoms with Crippen molar-refractivity contribution >= 4 is 64.2 Å². The van der Waals surface area contributed by atoms with Crippen LogP contribution >= 0.6 is 11.3 Å². The van der Waals surface area contributed by atoms with Crippen LogP contribution in [0.3, 0.4) is 0 Å². The van der Waals surface area contributed by atoms with Crippen molar-refractivity contribution in [2.24, 2.45) is 0 Å². The molecule has 0 bridgehead atoms. The number of hydrogen-bond acceptors (Lipinski definition) is 6. The van der Waals surface area contributed by atoms with E-state index in [2.05, 4.69) is 152 Å². The summed E-state index contributed by atoms with van der Waals surface area (Å²) in [6.45, 7) is 0. The van der Waals surface area contributed by atoms with Gasteiger partial charge in [-0.05, 0) is 86.3 Å². The molecule has 6 heteroatoms. The lowest BCUT2D eigenvalue weighted by atomic mass is 9.98. The number of hydrogen-bond donors (Lipinski definition) is 0. The van der Waals surface area contributed by atoms with Gasteiger partial charge in [0, 0.05) is 42.4 Å². The molecule has 0 aliphatic carbocycles. The second-order valence-corrected chi connectivity index (χ2v) is 16.1. The molecule has 0 radical (unpaired) electrons. The Hall–Kier alpha value is -7.80. The number of fused-ring (bicyclic) bond motifs is 8. The summed E-state index contributed by atoms with van der Waals surface area (Å²) in [6, 6.07) is 67.6. The maximum absolute atomic E-state index is 6.35. The largest absolute Gasteiger partial charge is 0.436 e. The van der Waals surface area contributed by atoms with Gasteiger partial charge in [0.2, 0.25) is 5.89 Å². The van der Waals surface area contributed by atoms with Gasteiger partial charge in [0.15, 0.2) is 23.1 Å². The number of oxazole rings is 1. The van der Waals surface area contributed by atoms with Crippen molar-refractivity contribution in [3.05, 3.63) is 194 Å². The van der Waals surface area contributed by atoms with Crippen LogP contribution in [0.25, 0.3) is 121 Å². The van der Waals surface area contributed by atoms with Crippen LogP contribution in [0.2, 0.25) is 0 Å². The van der Waals surface area contributed by atoms with Crippen molar-refractivity contribution in [1.82, 2.24) is 19.9 Å². The second-order valence-electron chi connectivity index (χ2n) is 15.0. The fourth-order valence-electron chi connectivity index (χ4n) is 8.40. The maximum Gasteiger partial charge on any atom is 0.227 e. The minimum absolute atomic E-state index is 0.610. The molecule has 0 aliphatic heterocycles. The Balaban J connectivity index is 1.02. The number of rotatable bonds is 6. The topological polar surface area (TPSA) is 64.7 Å². The molecule has 5 nitrogen and oxygen atoms in total. The third kappa shape index (κ3) is 5.84. The van der Waals surface area contributed by atoms with Crippen molar-refractivity contribution in [2.45, 2.75) is 0 Å². The number of nitrogens with zero attached hydrogens (tertiary/aromatic N) is 4. The van der Waals surface area contributed by atoms with Gasteiger partial charge in [0.05, 0.1) is 0 Å². The zero-order chi connectivity index (χ0) is 39.6. The van der Waals surface area contributed by atoms with Gasteiger partial charge in [-0.15, -0.1) is 11.3 Å². The van der Waals surface area contributed by atoms with E-state index in [1.54, 1.807) is 11.3 Å². The smallest absolute Gasteiger partial charge is 0.227 e. The van der Waals surface area contributed by atoms with E-state index in [1.165, 1.54) is 20.5 Å². The molecule has 60 heavy (non-hydrogen) atoms. The molecule has 0 spiro atoms. The van der Waals surface area contributed by atoms with E-state index in [0.717, 1.165) is 76.8 Å². The Morgan fingerprint density at radius 2 is 0.917 bits per heavy atom. The lowest BCUT2D eigenvalue weighted by Gasteiger charge is -2.12. The molecule has 280 valence electrons. The molecule has 3 aromatic heterocycles. The zero-order valence-electron chi connectivity index (χ0n) is 32.1. The summed E-state index contributed by atoms with van der Waals surface area (Å²) in [5.41, 5.74) is 10.0. The van der Waals surface area contributed by atoms with Gasteiger partial charge in [0.1, 0.15) is 5.52 Å². The van der Waals surface area contributed by atoms with Crippen molar-refractivity contribution < 1.29 is 4.42 Å². The van der Waals surface area contributed by atoms with Crippen molar-refractivity contribution in [3.63, 3.8) is 0 Å². The summed E-state index contributed by atoms with van der Waals surface area (Å²) >= 11 is 1.77. The number of aromatic nitrogens is 4. The highest BCUT2D eigenvalue weighted by Crippen LogP contribution is 2.43. The van der Waals surface area contributed by atoms with Crippen LogP contribution in [0, 0.1) is 0 Å². The third-order valence-electron chi connectivity index (χ3n) is 11.4. The van der Waals surface area contributed by atoms with Crippen LogP contribution in [0.4, 0.5) is 0 Å². The van der Waals surface area contributed by atoms with E-state index in [-0.39, 0.29) is 0 Å². The maximum atomic E-state index is 6.35. The Morgan fingerprint density at radius 3 is 1.73 bits per heavy atom. The fourth-order valence-corrected chi connectivity index (χ4v) is 9.53. The quantitative estimate of drug-likeness (QED) is 0.168. The van der Waals surface area contributed by atoms with Crippen LogP contribution in [-0.4, -0.2) is 19.9 Å². The molecule has 0 saturated carbocycles. The minimum Gasteiger partial charge on any atom is -0.436 e. The molecule has 0 N–H and O–H groups in total. The molecule has 0 atom stereocenters. The van der Waals surface area contributed by atoms with Gasteiger partial charge >= 0.3 is 0 Å². The summed E-state index contributed by atoms with van der Waals surface area (Å²) in [5.74, 6) is 2.47. The average molecular weight is 785 g/mol. The molecular weight excluding hydrogens is 753 g/mol. The highest BCUT2D eigenvalue weighted by molar-refractivity contribution is 7.26. The SMILES string of the molecule is c1ccc(-c2cccc(-c3ccc(-c4nc(-c5ccc6ccc7sc8ccc9oc(-c%10ccccc%10)nc9c8c7c6c5)nc(-c5cccc6ccccc56)n4)cc3)c2)cc1. The monoisotopic (exact) mass is 784 g/mol. The third-order valence-corrected chi connectivity index (χ3v) is 12.5. The predicted octanol–water partition coefficient (Wildman–Crippen LogP) is 14.7. The van der Waals surface area contributed by atoms with E-state index < -0.39 is 0 Å². The van der Waals surface area contributed by atoms with Crippen LogP contribution in [-0.2, 0) is 0 Å². The first-order valence-corrected chi connectivity index (χ1v) is 20.8. The molecule has 0 aliphatic rings. The van der Waals surface area contributed by atoms with E-state index >= 15 is 0 Å². The Labute approximate surface area is 348 Å². The van der Waals surface area contributed by atoms with Crippen LogP contribution < -0.4 is 0 Å². The standard InChI is InChI=1S/C54H32N4OS/c1-3-11-33(12-4-1)39-17-9-18-40(31-39)34-21-24-37(25-22-34)51-56-52(58-53(57-51)43-20-10-16-35-13-7-8-19-42(35)43)41-26-23-36-27-29-46-48(44(36)32-41)49-47(60-46)30-28-45-50(49)55-54(59-45)38-14-5-2-6-15-38/h1-32H. The molecule has 3 heterocycles. The molecule has 0 saturated heterocycles. The van der Waals surface area contributed by atoms with Gasteiger partial charge in [0.25, 0.3) is 0 Å². The van der Waals surface area contributed by atoms with Crippen LogP contribution in [0.5, 0.6) is 0 Å². The van der Waals surface area contributed by atoms with Gasteiger partial charge < -0.3 is 4.42 Å². The van der Waals surface area contributed by atoms with Gasteiger partial charge in [-0.1, -0.05) is 152 Å². The highest BCUT2D eigenvalue weighted by atomic mass is 32.1. The van der Waals surface area contributed by atoms with E-state index in [1.807, 2.05) is 42.5 Å². The van der Waals surface area contributed by atoms with Gasteiger partial charge in [-0.25, -0.2) is 19.9 Å². The van der Waals surface area contributed by atoms with Crippen LogP contribution in [0.15, 0.2) is 199 Å². The van der Waals surface area contributed by atoms with Gasteiger partial charge in [-0.3, -0.25) is 0 Å². The summed E-state index contributed by atoms with van der Waals surface area (Å²) < 4.78 is 8.70. The van der Waals surface area contributed by atoms with Crippen molar-refractivity contribution in [1.29, 1.82) is 0 Å². The lowest BCUT2D eigenvalue weighted by Crippen LogP contribution is -2.00. The first kappa shape index (κ1) is 34.3. The first-order chi connectivity index (χ1) is 29.7. The molecular formula is C54H32N4OS.